The average Bonchev–Trinajstić information content (AvgIpc) is 2.39. The first-order chi connectivity index (χ1) is 10.1. The van der Waals surface area contributed by atoms with E-state index in [1.54, 1.807) is 6.07 Å². The van der Waals surface area contributed by atoms with Crippen LogP contribution in [-0.4, -0.2) is 32.2 Å². The molecule has 5 nitrogen and oxygen atoms in total. The Labute approximate surface area is 135 Å². The van der Waals surface area contributed by atoms with Crippen molar-refractivity contribution in [3.8, 4) is 0 Å². The van der Waals surface area contributed by atoms with Gasteiger partial charge >= 0.3 is 6.03 Å². The molecule has 2 amide bonds. The third-order valence-corrected chi connectivity index (χ3v) is 3.22. The number of hydrogen-bond acceptors (Lipinski definition) is 3. The topological polar surface area (TPSA) is 79.2 Å². The molecule has 0 aliphatic carbocycles. The van der Waals surface area contributed by atoms with E-state index >= 15 is 0 Å². The van der Waals surface area contributed by atoms with E-state index in [2.05, 4.69) is 16.0 Å². The van der Waals surface area contributed by atoms with Gasteiger partial charge in [-0.25, -0.2) is 4.79 Å². The van der Waals surface area contributed by atoms with Crippen molar-refractivity contribution < 1.29 is 4.79 Å². The van der Waals surface area contributed by atoms with Crippen LogP contribution < -0.4 is 21.7 Å². The maximum Gasteiger partial charge on any atom is 0.312 e. The lowest BCUT2D eigenvalue weighted by atomic mass is 10.2. The Bertz CT molecular complexity index is 423. The van der Waals surface area contributed by atoms with Crippen molar-refractivity contribution in [1.29, 1.82) is 0 Å². The highest BCUT2D eigenvalue weighted by molar-refractivity contribution is 6.34. The molecule has 0 heterocycles. The molecule has 118 valence electrons. The zero-order chi connectivity index (χ0) is 15.5. The molecule has 1 aromatic rings. The number of rotatable bonds is 10. The largest absolute Gasteiger partial charge is 0.352 e. The first-order valence-electron chi connectivity index (χ1n) is 6.97. The van der Waals surface area contributed by atoms with Crippen LogP contribution in [0.5, 0.6) is 0 Å². The second-order valence-electron chi connectivity index (χ2n) is 4.70. The van der Waals surface area contributed by atoms with Gasteiger partial charge in [0.25, 0.3) is 0 Å². The van der Waals surface area contributed by atoms with E-state index in [4.69, 9.17) is 28.9 Å². The fourth-order valence-corrected chi connectivity index (χ4v) is 2.41. The lowest BCUT2D eigenvalue weighted by Gasteiger charge is -2.07. The molecule has 1 aromatic carbocycles. The Balaban J connectivity index is 1.96. The third kappa shape index (κ3) is 9.52. The molecular formula is C14H22Cl2N4O. The molecule has 0 aliphatic rings. The predicted molar refractivity (Wildman–Crippen MR) is 87.9 cm³/mol. The maximum atomic E-state index is 10.4. The van der Waals surface area contributed by atoms with E-state index in [-0.39, 0.29) is 0 Å². The summed E-state index contributed by atoms with van der Waals surface area (Å²) in [6, 6.07) is 5.07. The summed E-state index contributed by atoms with van der Waals surface area (Å²) < 4.78 is 0. The lowest BCUT2D eigenvalue weighted by Crippen LogP contribution is -2.32. The molecule has 1 rings (SSSR count). The molecule has 0 unspecified atom stereocenters. The van der Waals surface area contributed by atoms with Gasteiger partial charge in [0, 0.05) is 23.1 Å². The van der Waals surface area contributed by atoms with Crippen LogP contribution in [-0.2, 0) is 6.54 Å². The zero-order valence-corrected chi connectivity index (χ0v) is 13.4. The van der Waals surface area contributed by atoms with E-state index in [0.717, 1.165) is 44.6 Å². The molecule has 0 spiro atoms. The Morgan fingerprint density at radius 2 is 1.52 bits per heavy atom. The fourth-order valence-electron chi connectivity index (χ4n) is 1.83. The van der Waals surface area contributed by atoms with Crippen LogP contribution in [0.25, 0.3) is 0 Å². The minimum Gasteiger partial charge on any atom is -0.352 e. The minimum absolute atomic E-state index is 0.472. The van der Waals surface area contributed by atoms with Crippen LogP contribution >= 0.6 is 23.2 Å². The Kier molecular flexibility index (Phi) is 9.17. The molecule has 0 atom stereocenters. The summed E-state index contributed by atoms with van der Waals surface area (Å²) in [7, 11) is 0. The van der Waals surface area contributed by atoms with Gasteiger partial charge in [0.05, 0.1) is 0 Å². The number of carbonyl (C=O) groups is 1. The van der Waals surface area contributed by atoms with E-state index in [0.29, 0.717) is 16.6 Å². The van der Waals surface area contributed by atoms with Gasteiger partial charge < -0.3 is 21.7 Å². The first-order valence-corrected chi connectivity index (χ1v) is 7.73. The number of primary amides is 1. The van der Waals surface area contributed by atoms with E-state index < -0.39 is 6.03 Å². The first kappa shape index (κ1) is 18.0. The summed E-state index contributed by atoms with van der Waals surface area (Å²) in [5.74, 6) is 0. The number of benzene rings is 1. The van der Waals surface area contributed by atoms with Crippen LogP contribution in [0.3, 0.4) is 0 Å². The molecule has 0 bridgehead atoms. The number of urea groups is 1. The summed E-state index contributed by atoms with van der Waals surface area (Å²) in [5.41, 5.74) is 6.04. The van der Waals surface area contributed by atoms with Crippen molar-refractivity contribution in [3.05, 3.63) is 33.8 Å². The normalized spacial score (nSPS) is 10.6. The summed E-state index contributed by atoms with van der Waals surface area (Å²) >= 11 is 11.9. The van der Waals surface area contributed by atoms with Gasteiger partial charge in [-0.3, -0.25) is 0 Å². The van der Waals surface area contributed by atoms with Crippen LogP contribution in [0.1, 0.15) is 18.4 Å². The van der Waals surface area contributed by atoms with Crippen molar-refractivity contribution in [2.45, 2.75) is 19.4 Å². The highest BCUT2D eigenvalue weighted by Crippen LogP contribution is 2.18. The molecule has 0 aliphatic heterocycles. The Morgan fingerprint density at radius 3 is 2.14 bits per heavy atom. The van der Waals surface area contributed by atoms with Crippen LogP contribution in [0.4, 0.5) is 4.79 Å². The van der Waals surface area contributed by atoms with Crippen molar-refractivity contribution in [2.75, 3.05) is 26.2 Å². The standard InChI is InChI=1S/C14H22Cl2N4O/c15-12-7-11(8-13(16)9-12)10-19-5-1-3-18-4-2-6-20-14(17)21/h7-9,18-19H,1-6,10H2,(H3,17,20,21). The molecule has 0 radical (unpaired) electrons. The molecule has 0 saturated heterocycles. The van der Waals surface area contributed by atoms with Crippen molar-refractivity contribution in [2.24, 2.45) is 5.73 Å². The predicted octanol–water partition coefficient (Wildman–Crippen LogP) is 2.12. The molecule has 0 aromatic heterocycles. The smallest absolute Gasteiger partial charge is 0.312 e. The van der Waals surface area contributed by atoms with Gasteiger partial charge in [-0.2, -0.15) is 0 Å². The summed E-state index contributed by atoms with van der Waals surface area (Å²) in [6.45, 7) is 4.07. The van der Waals surface area contributed by atoms with E-state index in [9.17, 15) is 4.79 Å². The number of amides is 2. The minimum atomic E-state index is -0.472. The number of nitrogens with one attached hydrogen (secondary N) is 3. The van der Waals surface area contributed by atoms with E-state index in [1.807, 2.05) is 12.1 Å². The average molecular weight is 333 g/mol. The quantitative estimate of drug-likeness (QED) is 0.495. The maximum absolute atomic E-state index is 10.4. The van der Waals surface area contributed by atoms with Gasteiger partial charge in [-0.15, -0.1) is 0 Å². The zero-order valence-electron chi connectivity index (χ0n) is 11.9. The van der Waals surface area contributed by atoms with Gasteiger partial charge in [-0.05, 0) is 56.2 Å². The summed E-state index contributed by atoms with van der Waals surface area (Å²) in [4.78, 5) is 10.4. The molecule has 0 fully saturated rings. The van der Waals surface area contributed by atoms with Crippen LogP contribution in [0, 0.1) is 0 Å². The number of nitrogens with two attached hydrogens (primary N) is 1. The SMILES string of the molecule is NC(=O)NCCCNCCCNCc1cc(Cl)cc(Cl)c1. The van der Waals surface area contributed by atoms with Crippen LogP contribution in [0.15, 0.2) is 18.2 Å². The number of hydrogen-bond donors (Lipinski definition) is 4. The highest BCUT2D eigenvalue weighted by atomic mass is 35.5. The summed E-state index contributed by atoms with van der Waals surface area (Å²) in [5, 5.41) is 10.5. The number of carbonyl (C=O) groups excluding carboxylic acids is 1. The summed E-state index contributed by atoms with van der Waals surface area (Å²) in [6.07, 6.45) is 1.90. The highest BCUT2D eigenvalue weighted by Gasteiger charge is 1.98. The second-order valence-corrected chi connectivity index (χ2v) is 5.58. The third-order valence-electron chi connectivity index (χ3n) is 2.79. The lowest BCUT2D eigenvalue weighted by molar-refractivity contribution is 0.249. The van der Waals surface area contributed by atoms with Crippen molar-refractivity contribution in [3.63, 3.8) is 0 Å². The molecule has 0 saturated carbocycles. The van der Waals surface area contributed by atoms with E-state index in [1.165, 1.54) is 0 Å². The monoisotopic (exact) mass is 332 g/mol. The second kappa shape index (κ2) is 10.7. The molecular weight excluding hydrogens is 311 g/mol. The van der Waals surface area contributed by atoms with Gasteiger partial charge in [0.2, 0.25) is 0 Å². The molecule has 21 heavy (non-hydrogen) atoms. The fraction of sp³-hybridized carbons (Fsp3) is 0.500. The van der Waals surface area contributed by atoms with Crippen LogP contribution in [0.2, 0.25) is 10.0 Å². The molecule has 7 heteroatoms. The Hall–Kier alpha value is -1.01. The van der Waals surface area contributed by atoms with Gasteiger partial charge in [0.15, 0.2) is 0 Å². The number of halogens is 2. The van der Waals surface area contributed by atoms with Crippen molar-refractivity contribution >= 4 is 29.2 Å². The molecule has 5 N–H and O–H groups in total. The van der Waals surface area contributed by atoms with Gasteiger partial charge in [-0.1, -0.05) is 23.2 Å². The Morgan fingerprint density at radius 1 is 0.952 bits per heavy atom. The van der Waals surface area contributed by atoms with Crippen molar-refractivity contribution in [1.82, 2.24) is 16.0 Å². The van der Waals surface area contributed by atoms with Gasteiger partial charge in [0.1, 0.15) is 0 Å².